The molecular weight excluding hydrogens is 200 g/mol. The van der Waals surface area contributed by atoms with E-state index in [1.54, 1.807) is 0 Å². The van der Waals surface area contributed by atoms with E-state index >= 15 is 0 Å². The molecule has 1 unspecified atom stereocenters. The van der Waals surface area contributed by atoms with Crippen molar-refractivity contribution in [2.24, 2.45) is 5.92 Å². The molecule has 1 atom stereocenters. The summed E-state index contributed by atoms with van der Waals surface area (Å²) in [7, 11) is 6.07. The number of rotatable bonds is 10. The number of hydrogen-bond acceptors (Lipinski definition) is 4. The Balaban J connectivity index is 4.04. The Labute approximate surface area is 101 Å². The maximum Gasteiger partial charge on any atom is 0.0214 e. The van der Waals surface area contributed by atoms with Crippen molar-refractivity contribution in [1.29, 1.82) is 0 Å². The minimum absolute atomic E-state index is 0.578. The first-order chi connectivity index (χ1) is 7.65. The van der Waals surface area contributed by atoms with Gasteiger partial charge in [-0.2, -0.15) is 0 Å². The molecule has 0 aliphatic rings. The van der Waals surface area contributed by atoms with Crippen LogP contribution >= 0.6 is 0 Å². The molecule has 0 aliphatic carbocycles. The van der Waals surface area contributed by atoms with E-state index in [0.29, 0.717) is 12.0 Å². The predicted octanol–water partition coefficient (Wildman–Crippen LogP) is -0.0288. The molecule has 0 aromatic rings. The molecule has 16 heavy (non-hydrogen) atoms. The van der Waals surface area contributed by atoms with Gasteiger partial charge in [0.15, 0.2) is 0 Å². The molecule has 4 nitrogen and oxygen atoms in total. The van der Waals surface area contributed by atoms with E-state index in [9.17, 15) is 0 Å². The topological polar surface area (TPSA) is 39.3 Å². The summed E-state index contributed by atoms with van der Waals surface area (Å²) < 4.78 is 0. The van der Waals surface area contributed by atoms with E-state index in [1.807, 2.05) is 14.1 Å². The van der Waals surface area contributed by atoms with Gasteiger partial charge in [0.2, 0.25) is 0 Å². The summed E-state index contributed by atoms with van der Waals surface area (Å²) in [4.78, 5) is 2.51. The highest BCUT2D eigenvalue weighted by molar-refractivity contribution is 4.74. The van der Waals surface area contributed by atoms with Gasteiger partial charge >= 0.3 is 0 Å². The lowest BCUT2D eigenvalue weighted by Gasteiger charge is -2.29. The molecule has 0 aromatic heterocycles. The summed E-state index contributed by atoms with van der Waals surface area (Å²) in [6.45, 7) is 10.0. The fraction of sp³-hybridized carbons (Fsp3) is 1.00. The van der Waals surface area contributed by atoms with Crippen molar-refractivity contribution in [2.45, 2.75) is 19.9 Å². The fourth-order valence-electron chi connectivity index (χ4n) is 1.75. The Morgan fingerprint density at radius 1 is 0.938 bits per heavy atom. The van der Waals surface area contributed by atoms with Gasteiger partial charge in [0.25, 0.3) is 0 Å². The molecule has 4 heteroatoms. The average molecular weight is 230 g/mol. The van der Waals surface area contributed by atoms with Gasteiger partial charge in [-0.3, -0.25) is 4.90 Å². The van der Waals surface area contributed by atoms with Gasteiger partial charge in [0.1, 0.15) is 0 Å². The largest absolute Gasteiger partial charge is 0.318 e. The highest BCUT2D eigenvalue weighted by Crippen LogP contribution is 2.03. The van der Waals surface area contributed by atoms with Gasteiger partial charge in [0, 0.05) is 38.8 Å². The Hall–Kier alpha value is -0.160. The van der Waals surface area contributed by atoms with Crippen LogP contribution in [0.15, 0.2) is 0 Å². The lowest BCUT2D eigenvalue weighted by molar-refractivity contribution is 0.225. The molecule has 98 valence electrons. The highest BCUT2D eigenvalue weighted by Gasteiger charge is 2.14. The van der Waals surface area contributed by atoms with Crippen LogP contribution < -0.4 is 16.0 Å². The molecular formula is C12H30N4. The molecule has 0 saturated carbocycles. The Morgan fingerprint density at radius 2 is 1.44 bits per heavy atom. The van der Waals surface area contributed by atoms with Crippen LogP contribution in [-0.2, 0) is 0 Å². The van der Waals surface area contributed by atoms with Crippen molar-refractivity contribution in [1.82, 2.24) is 20.9 Å². The zero-order chi connectivity index (χ0) is 12.4. The number of nitrogens with zero attached hydrogens (tertiary/aromatic N) is 1. The van der Waals surface area contributed by atoms with Gasteiger partial charge in [-0.15, -0.1) is 0 Å². The zero-order valence-electron chi connectivity index (χ0n) is 11.6. The Bertz CT molecular complexity index is 142. The predicted molar refractivity (Wildman–Crippen MR) is 72.0 cm³/mol. The lowest BCUT2D eigenvalue weighted by atomic mass is 10.0. The quantitative estimate of drug-likeness (QED) is 0.493. The molecule has 0 aliphatic heterocycles. The third-order valence-electron chi connectivity index (χ3n) is 2.99. The third-order valence-corrected chi connectivity index (χ3v) is 2.99. The van der Waals surface area contributed by atoms with Gasteiger partial charge < -0.3 is 16.0 Å². The van der Waals surface area contributed by atoms with E-state index in [0.717, 1.165) is 32.7 Å². The van der Waals surface area contributed by atoms with Crippen LogP contribution in [0.2, 0.25) is 0 Å². The highest BCUT2D eigenvalue weighted by atomic mass is 15.2. The van der Waals surface area contributed by atoms with E-state index in [2.05, 4.69) is 41.7 Å². The van der Waals surface area contributed by atoms with Crippen LogP contribution in [0.1, 0.15) is 13.8 Å². The van der Waals surface area contributed by atoms with Crippen LogP contribution in [-0.4, -0.2) is 64.8 Å². The standard InChI is InChI=1S/C12H30N4/c1-11(2)12(15-5)10-16(8-6-13-3)9-7-14-4/h11-15H,6-10H2,1-5H3. The Kier molecular flexibility index (Phi) is 9.92. The average Bonchev–Trinajstić information content (AvgIpc) is 2.27. The second kappa shape index (κ2) is 10.0. The molecule has 0 radical (unpaired) electrons. The number of likely N-dealkylation sites (N-methyl/N-ethyl adjacent to an activating group) is 3. The van der Waals surface area contributed by atoms with E-state index in [-0.39, 0.29) is 0 Å². The van der Waals surface area contributed by atoms with Crippen molar-refractivity contribution in [3.8, 4) is 0 Å². The fourth-order valence-corrected chi connectivity index (χ4v) is 1.75. The minimum Gasteiger partial charge on any atom is -0.318 e. The SMILES string of the molecule is CNCCN(CCNC)CC(NC)C(C)C. The summed E-state index contributed by atoms with van der Waals surface area (Å²) >= 11 is 0. The number of hydrogen-bond donors (Lipinski definition) is 3. The first-order valence-corrected chi connectivity index (χ1v) is 6.34. The Morgan fingerprint density at radius 3 is 1.75 bits per heavy atom. The van der Waals surface area contributed by atoms with Gasteiger partial charge in [0.05, 0.1) is 0 Å². The maximum absolute atomic E-state index is 3.40. The van der Waals surface area contributed by atoms with Crippen LogP contribution in [0, 0.1) is 5.92 Å². The summed E-state index contributed by atoms with van der Waals surface area (Å²) in [6.07, 6.45) is 0. The van der Waals surface area contributed by atoms with Crippen LogP contribution in [0.3, 0.4) is 0 Å². The molecule has 0 spiro atoms. The minimum atomic E-state index is 0.578. The van der Waals surface area contributed by atoms with Crippen molar-refractivity contribution >= 4 is 0 Å². The third kappa shape index (κ3) is 7.17. The molecule has 3 N–H and O–H groups in total. The second-order valence-electron chi connectivity index (χ2n) is 4.65. The van der Waals surface area contributed by atoms with E-state index in [1.165, 1.54) is 0 Å². The first-order valence-electron chi connectivity index (χ1n) is 6.34. The van der Waals surface area contributed by atoms with Crippen LogP contribution in [0.5, 0.6) is 0 Å². The van der Waals surface area contributed by atoms with Gasteiger partial charge in [-0.05, 0) is 27.1 Å². The second-order valence-corrected chi connectivity index (χ2v) is 4.65. The maximum atomic E-state index is 3.40. The molecule has 0 heterocycles. The molecule has 0 amide bonds. The van der Waals surface area contributed by atoms with E-state index in [4.69, 9.17) is 0 Å². The molecule has 0 aromatic carbocycles. The summed E-state index contributed by atoms with van der Waals surface area (Å²) in [5.41, 5.74) is 0. The molecule has 0 fully saturated rings. The smallest absolute Gasteiger partial charge is 0.0214 e. The zero-order valence-corrected chi connectivity index (χ0v) is 11.6. The van der Waals surface area contributed by atoms with Gasteiger partial charge in [-0.25, -0.2) is 0 Å². The number of nitrogens with one attached hydrogen (secondary N) is 3. The van der Waals surface area contributed by atoms with Crippen molar-refractivity contribution in [3.63, 3.8) is 0 Å². The molecule has 0 bridgehead atoms. The molecule has 0 saturated heterocycles. The van der Waals surface area contributed by atoms with Crippen molar-refractivity contribution in [3.05, 3.63) is 0 Å². The van der Waals surface area contributed by atoms with Crippen LogP contribution in [0.4, 0.5) is 0 Å². The van der Waals surface area contributed by atoms with Crippen molar-refractivity contribution < 1.29 is 0 Å². The molecule has 0 rings (SSSR count). The lowest BCUT2D eigenvalue weighted by Crippen LogP contribution is -2.46. The van der Waals surface area contributed by atoms with Gasteiger partial charge in [-0.1, -0.05) is 13.8 Å². The first kappa shape index (κ1) is 15.8. The summed E-state index contributed by atoms with van der Waals surface area (Å²) in [6, 6.07) is 0.578. The summed E-state index contributed by atoms with van der Waals surface area (Å²) in [5, 5.41) is 9.83. The van der Waals surface area contributed by atoms with E-state index < -0.39 is 0 Å². The van der Waals surface area contributed by atoms with Crippen molar-refractivity contribution in [2.75, 3.05) is 53.9 Å². The van der Waals surface area contributed by atoms with Crippen LogP contribution in [0.25, 0.3) is 0 Å². The monoisotopic (exact) mass is 230 g/mol. The normalized spacial score (nSPS) is 13.7. The summed E-state index contributed by atoms with van der Waals surface area (Å²) in [5.74, 6) is 0.677.